The van der Waals surface area contributed by atoms with E-state index in [1.54, 1.807) is 19.6 Å². The second kappa shape index (κ2) is 16.2. The van der Waals surface area contributed by atoms with Crippen LogP contribution in [0.25, 0.3) is 10.8 Å². The monoisotopic (exact) mass is 914 g/mol. The number of halogens is 20. The fourth-order valence-electron chi connectivity index (χ4n) is 6.72. The van der Waals surface area contributed by atoms with Crippen LogP contribution in [0, 0.1) is 116 Å². The number of fused-ring (bicyclic) bond motifs is 1. The van der Waals surface area contributed by atoms with Crippen molar-refractivity contribution in [2.24, 2.45) is 0 Å². The van der Waals surface area contributed by atoms with Gasteiger partial charge in [0.15, 0.2) is 74.7 Å². The molecule has 0 bridgehead atoms. The molecule has 0 radical (unpaired) electrons. The molecule has 0 amide bonds. The Morgan fingerprint density at radius 1 is 0.361 bits per heavy atom. The van der Waals surface area contributed by atoms with Crippen LogP contribution in [0.1, 0.15) is 0 Å². The van der Waals surface area contributed by atoms with Gasteiger partial charge in [-0.1, -0.05) is 18.2 Å². The molecule has 0 aliphatic rings. The lowest BCUT2D eigenvalue weighted by Gasteiger charge is -2.44. The van der Waals surface area contributed by atoms with Gasteiger partial charge >= 0.3 is 0 Å². The van der Waals surface area contributed by atoms with E-state index in [4.69, 9.17) is 4.74 Å². The van der Waals surface area contributed by atoms with Crippen molar-refractivity contribution in [3.05, 3.63) is 153 Å². The Morgan fingerprint density at radius 3 is 0.820 bits per heavy atom. The van der Waals surface area contributed by atoms with E-state index in [0.717, 1.165) is 21.4 Å². The van der Waals surface area contributed by atoms with Crippen LogP contribution in [-0.4, -0.2) is 25.8 Å². The molecule has 0 aliphatic carbocycles. The molecule has 0 spiro atoms. The Bertz CT molecular complexity index is 2480. The third-order valence-corrected chi connectivity index (χ3v) is 10.7. The van der Waals surface area contributed by atoms with Crippen molar-refractivity contribution >= 4 is 48.7 Å². The van der Waals surface area contributed by atoms with Crippen molar-refractivity contribution in [2.45, 2.75) is 4.90 Å². The van der Waals surface area contributed by atoms with E-state index in [1.165, 1.54) is 0 Å². The summed E-state index contributed by atoms with van der Waals surface area (Å²) in [4.78, 5) is 0.893. The summed E-state index contributed by atoms with van der Waals surface area (Å²) >= 11 is 0. The van der Waals surface area contributed by atoms with Crippen molar-refractivity contribution in [3.8, 4) is 5.75 Å². The van der Waals surface area contributed by atoms with Gasteiger partial charge in [-0.15, -0.1) is 26.1 Å². The molecule has 0 aliphatic heterocycles. The van der Waals surface area contributed by atoms with Crippen molar-refractivity contribution in [3.63, 3.8) is 0 Å². The molecule has 0 unspecified atom stereocenters. The first kappa shape index (κ1) is 46.3. The minimum atomic E-state index is -7.22. The molecule has 0 heterocycles. The molecular weight excluding hydrogens is 899 g/mol. The summed E-state index contributed by atoms with van der Waals surface area (Å²) < 4.78 is 311. The first-order valence-electron chi connectivity index (χ1n) is 16.0. The molecule has 0 saturated heterocycles. The smallest absolute Gasteiger partial charge is 0.200 e. The Hall–Kier alpha value is -5.81. The fourth-order valence-corrected chi connectivity index (χ4v) is 7.83. The molecule has 2 nitrogen and oxygen atoms in total. The van der Waals surface area contributed by atoms with E-state index in [1.807, 2.05) is 36.4 Å². The number of rotatable bonds is 6. The molecule has 6 rings (SSSR count). The molecule has 61 heavy (non-hydrogen) atoms. The normalized spacial score (nSPS) is 11.9. The first-order valence-corrected chi connectivity index (χ1v) is 18.3. The van der Waals surface area contributed by atoms with Gasteiger partial charge in [-0.05, 0) is 18.2 Å². The molecule has 6 aromatic carbocycles. The molecule has 324 valence electrons. The van der Waals surface area contributed by atoms with E-state index in [-0.39, 0.29) is 0 Å². The molecule has 6 aromatic rings. The summed E-state index contributed by atoms with van der Waals surface area (Å²) in [5.41, 5.74) is -14.3. The molecule has 0 atom stereocenters. The van der Waals surface area contributed by atoms with Crippen LogP contribution in [0.3, 0.4) is 0 Å². The quantitative estimate of drug-likeness (QED) is 0.0550. The molecule has 0 saturated carbocycles. The third kappa shape index (κ3) is 6.91. The Kier molecular flexibility index (Phi) is 12.3. The number of ether oxygens (including phenoxy) is 1. The lowest BCUT2D eigenvalue weighted by atomic mass is 9.12. The zero-order valence-electron chi connectivity index (χ0n) is 29.8. The van der Waals surface area contributed by atoms with Gasteiger partial charge in [-0.3, -0.25) is 0 Å². The topological polar surface area (TPSA) is 26.3 Å². The lowest BCUT2D eigenvalue weighted by Crippen LogP contribution is -2.81. The van der Waals surface area contributed by atoms with Gasteiger partial charge < -0.3 is 4.74 Å². The van der Waals surface area contributed by atoms with Gasteiger partial charge in [0.1, 0.15) is 80.9 Å². The van der Waals surface area contributed by atoms with Crippen molar-refractivity contribution < 1.29 is 96.8 Å². The van der Waals surface area contributed by atoms with E-state index < -0.39 is 154 Å². The predicted molar refractivity (Wildman–Crippen MR) is 178 cm³/mol. The second-order valence-electron chi connectivity index (χ2n) is 12.8. The summed E-state index contributed by atoms with van der Waals surface area (Å²) in [5, 5.41) is 2.02. The van der Waals surface area contributed by atoms with Crippen molar-refractivity contribution in [2.75, 3.05) is 19.6 Å². The van der Waals surface area contributed by atoms with E-state index in [9.17, 15) is 56.9 Å². The van der Waals surface area contributed by atoms with Gasteiger partial charge in [0, 0.05) is 10.8 Å². The Balaban J connectivity index is 0.000000366. The summed E-state index contributed by atoms with van der Waals surface area (Å²) in [6.45, 7) is 0. The van der Waals surface area contributed by atoms with Crippen LogP contribution < -0.4 is 26.6 Å². The Labute approximate surface area is 328 Å². The van der Waals surface area contributed by atoms with Gasteiger partial charge in [-0.2, -0.15) is 0 Å². The average Bonchev–Trinajstić information content (AvgIpc) is 3.22. The second-order valence-corrected chi connectivity index (χ2v) is 15.8. The highest BCUT2D eigenvalue weighted by molar-refractivity contribution is 8.01. The lowest BCUT2D eigenvalue weighted by molar-refractivity contribution is 0.378. The van der Waals surface area contributed by atoms with E-state index in [0.29, 0.717) is 0 Å². The van der Waals surface area contributed by atoms with Gasteiger partial charge in [0.25, 0.3) is 0 Å². The van der Waals surface area contributed by atoms with Crippen molar-refractivity contribution in [1.29, 1.82) is 0 Å². The van der Waals surface area contributed by atoms with Crippen molar-refractivity contribution in [1.82, 2.24) is 0 Å². The molecule has 0 fully saturated rings. The molecule has 24 heteroatoms. The predicted octanol–water partition coefficient (Wildman–Crippen LogP) is 8.81. The first-order chi connectivity index (χ1) is 28.2. The van der Waals surface area contributed by atoms with Crippen LogP contribution in [0.2, 0.25) is 0 Å². The zero-order valence-corrected chi connectivity index (χ0v) is 30.6. The molecule has 0 N–H and O–H groups in total. The minimum absolute atomic E-state index is 0.822. The average molecular weight is 914 g/mol. The summed E-state index contributed by atoms with van der Waals surface area (Å²) in [6, 6.07) is 11.7. The fraction of sp³-hybridized carbons (Fsp3) is 0.0811. The molecule has 0 aromatic heterocycles. The van der Waals surface area contributed by atoms with Crippen LogP contribution in [-0.2, 0) is 14.1 Å². The highest BCUT2D eigenvalue weighted by Gasteiger charge is 2.52. The SMILES string of the molecule is COc1ccc([S+](C)(C)=O)c2ccccc12.Fc1c(F)c(F)c([B-](c2c(F)c(F)c(F)c(F)c2F)(c2c(F)c(F)c(F)c(F)c2F)c2c(F)c(F)c(F)c(F)c2F)c(F)c1F. The van der Waals surface area contributed by atoms with Crippen LogP contribution in [0.5, 0.6) is 5.75 Å². The van der Waals surface area contributed by atoms with E-state index in [2.05, 4.69) is 0 Å². The van der Waals surface area contributed by atoms with Crippen LogP contribution in [0.4, 0.5) is 87.8 Å². The maximum atomic E-state index is 15.4. The van der Waals surface area contributed by atoms with Gasteiger partial charge in [0.05, 0.1) is 7.11 Å². The summed E-state index contributed by atoms with van der Waals surface area (Å²) in [7, 11) is -0.311. The summed E-state index contributed by atoms with van der Waals surface area (Å²) in [5.74, 6) is -70.6. The van der Waals surface area contributed by atoms with Crippen LogP contribution >= 0.6 is 0 Å². The maximum absolute atomic E-state index is 15.4. The summed E-state index contributed by atoms with van der Waals surface area (Å²) in [6.07, 6.45) is -3.69. The van der Waals surface area contributed by atoms with Gasteiger partial charge in [0.2, 0.25) is 0 Å². The number of benzene rings is 6. The zero-order chi connectivity index (χ0) is 46.1. The van der Waals surface area contributed by atoms with E-state index >= 15 is 35.1 Å². The minimum Gasteiger partial charge on any atom is -0.496 e. The number of hydrogen-bond donors (Lipinski definition) is 0. The highest BCUT2D eigenvalue weighted by atomic mass is 32.2. The molecular formula is C37H15BF20O2S. The third-order valence-electron chi connectivity index (χ3n) is 9.30. The maximum Gasteiger partial charge on any atom is 0.200 e. The number of methoxy groups -OCH3 is 1. The highest BCUT2D eigenvalue weighted by Crippen LogP contribution is 2.33. The largest absolute Gasteiger partial charge is 0.496 e. The standard InChI is InChI=1S/C24BF20.C13H15O2S/c26-5-1(6(27)14(35)21(42)13(5)34)25(2-7(28)15(36)22(43)16(37)8(2)29,3-9(30)17(38)23(44)18(39)10(3)31)4-11(32)19(40)24(45)20(41)12(4)33;1-15-12-8-9-13(16(2,3)14)11-7-5-4-6-10(11)12/h;4-9H,1-3H3/q-1;+1. The number of hydrogen-bond acceptors (Lipinski definition) is 2. The van der Waals surface area contributed by atoms with Crippen LogP contribution in [0.15, 0.2) is 41.3 Å². The van der Waals surface area contributed by atoms with Gasteiger partial charge in [-0.25, -0.2) is 87.8 Å². The Morgan fingerprint density at radius 2 is 0.590 bits per heavy atom.